The number of anilines is 1. The molecule has 5 rings (SSSR count). The first-order valence-electron chi connectivity index (χ1n) is 17.1. The Morgan fingerprint density at radius 1 is 1.04 bits per heavy atom. The van der Waals surface area contributed by atoms with E-state index in [0.717, 1.165) is 94.1 Å². The van der Waals surface area contributed by atoms with Crippen molar-refractivity contribution in [3.05, 3.63) is 53.1 Å². The number of piperidine rings is 1. The SMILES string of the molecule is CCCC1(C)C(C)NC(=O)C(CNC(=O)c2cc(-c3ccc(CN4CCOCC4)cc3)cc(N(C)C3CCOCC3)c2C)C1C. The zero-order valence-corrected chi connectivity index (χ0v) is 28.3. The second kappa shape index (κ2) is 14.7. The van der Waals surface area contributed by atoms with Crippen LogP contribution in [0.4, 0.5) is 5.69 Å². The maximum atomic E-state index is 14.0. The second-order valence-corrected chi connectivity index (χ2v) is 13.8. The van der Waals surface area contributed by atoms with Crippen molar-refractivity contribution in [3.63, 3.8) is 0 Å². The van der Waals surface area contributed by atoms with Gasteiger partial charge in [0.2, 0.25) is 5.91 Å². The summed E-state index contributed by atoms with van der Waals surface area (Å²) in [5.41, 5.74) is 6.05. The van der Waals surface area contributed by atoms with Gasteiger partial charge in [-0.15, -0.1) is 0 Å². The molecular weight excluding hydrogens is 564 g/mol. The Bertz CT molecular complexity index is 1320. The van der Waals surface area contributed by atoms with Crippen molar-refractivity contribution in [1.29, 1.82) is 0 Å². The van der Waals surface area contributed by atoms with Crippen LogP contribution in [-0.2, 0) is 20.8 Å². The molecule has 3 aliphatic heterocycles. The number of hydrogen-bond acceptors (Lipinski definition) is 6. The molecule has 0 spiro atoms. The van der Waals surface area contributed by atoms with Crippen molar-refractivity contribution in [2.75, 3.05) is 58.0 Å². The lowest BCUT2D eigenvalue weighted by Gasteiger charge is -2.48. The molecule has 4 unspecified atom stereocenters. The number of nitrogens with zero attached hydrogens (tertiary/aromatic N) is 2. The van der Waals surface area contributed by atoms with E-state index in [0.29, 0.717) is 18.2 Å². The van der Waals surface area contributed by atoms with Gasteiger partial charge in [0.25, 0.3) is 5.91 Å². The zero-order chi connectivity index (χ0) is 32.1. The summed E-state index contributed by atoms with van der Waals surface area (Å²) < 4.78 is 11.2. The maximum Gasteiger partial charge on any atom is 0.251 e. The van der Waals surface area contributed by atoms with E-state index in [2.05, 4.69) is 85.5 Å². The van der Waals surface area contributed by atoms with Crippen LogP contribution in [0.3, 0.4) is 0 Å². The van der Waals surface area contributed by atoms with Gasteiger partial charge < -0.3 is 25.0 Å². The lowest BCUT2D eigenvalue weighted by atomic mass is 9.62. The van der Waals surface area contributed by atoms with Crippen LogP contribution >= 0.6 is 0 Å². The van der Waals surface area contributed by atoms with Crippen LogP contribution in [0.25, 0.3) is 11.1 Å². The van der Waals surface area contributed by atoms with Crippen LogP contribution in [0.2, 0.25) is 0 Å². The number of amides is 2. The minimum Gasteiger partial charge on any atom is -0.381 e. The molecule has 2 aromatic rings. The first-order chi connectivity index (χ1) is 21.6. The third-order valence-electron chi connectivity index (χ3n) is 11.1. The average molecular weight is 619 g/mol. The molecule has 0 aromatic heterocycles. The minimum absolute atomic E-state index is 0.0125. The van der Waals surface area contributed by atoms with Gasteiger partial charge in [-0.05, 0) is 78.8 Å². The highest BCUT2D eigenvalue weighted by Gasteiger charge is 2.47. The number of carbonyl (C=O) groups excluding carboxylic acids is 2. The first-order valence-corrected chi connectivity index (χ1v) is 17.1. The number of morpholine rings is 1. The largest absolute Gasteiger partial charge is 0.381 e. The van der Waals surface area contributed by atoms with E-state index in [1.807, 2.05) is 13.0 Å². The van der Waals surface area contributed by atoms with Gasteiger partial charge >= 0.3 is 0 Å². The van der Waals surface area contributed by atoms with Crippen molar-refractivity contribution in [2.45, 2.75) is 78.9 Å². The quantitative estimate of drug-likeness (QED) is 0.370. The molecule has 2 aromatic carbocycles. The fraction of sp³-hybridized carbons (Fsp3) is 0.622. The molecule has 8 heteroatoms. The molecule has 2 amide bonds. The number of rotatable bonds is 10. The Labute approximate surface area is 270 Å². The fourth-order valence-electron chi connectivity index (χ4n) is 7.67. The summed E-state index contributed by atoms with van der Waals surface area (Å²) in [4.78, 5) is 31.9. The van der Waals surface area contributed by atoms with Gasteiger partial charge in [0.1, 0.15) is 0 Å². The van der Waals surface area contributed by atoms with Crippen LogP contribution in [0.1, 0.15) is 74.9 Å². The highest BCUT2D eigenvalue weighted by Crippen LogP contribution is 2.43. The molecule has 3 aliphatic rings. The Morgan fingerprint density at radius 2 is 1.71 bits per heavy atom. The van der Waals surface area contributed by atoms with Gasteiger partial charge in [0, 0.05) is 69.8 Å². The van der Waals surface area contributed by atoms with E-state index in [9.17, 15) is 9.59 Å². The molecular formula is C37H54N4O4. The van der Waals surface area contributed by atoms with Gasteiger partial charge in [-0.2, -0.15) is 0 Å². The van der Waals surface area contributed by atoms with Gasteiger partial charge in [-0.1, -0.05) is 51.5 Å². The van der Waals surface area contributed by atoms with Crippen LogP contribution in [-0.4, -0.2) is 81.9 Å². The topological polar surface area (TPSA) is 83.1 Å². The minimum atomic E-state index is -0.270. The summed E-state index contributed by atoms with van der Waals surface area (Å²) in [5, 5.41) is 6.40. The van der Waals surface area contributed by atoms with E-state index in [-0.39, 0.29) is 35.1 Å². The molecule has 0 radical (unpaired) electrons. The third-order valence-corrected chi connectivity index (χ3v) is 11.1. The number of benzene rings is 2. The lowest BCUT2D eigenvalue weighted by Crippen LogP contribution is -2.60. The standard InChI is InChI=1S/C37H54N4O4/c1-7-14-37(5)26(3)33(36(43)39-27(37)4)23-38-35(42)32-21-30(22-34(25(32)2)40(6)31-12-17-44-18-13-31)29-10-8-28(9-11-29)24-41-15-19-45-20-16-41/h8-11,21-22,26-27,31,33H,7,12-20,23-24H2,1-6H3,(H,38,42)(H,39,43). The molecule has 3 saturated heterocycles. The average Bonchev–Trinajstić information content (AvgIpc) is 3.05. The van der Waals surface area contributed by atoms with Crippen LogP contribution in [0, 0.1) is 24.2 Å². The van der Waals surface area contributed by atoms with Crippen LogP contribution < -0.4 is 15.5 Å². The Kier molecular flexibility index (Phi) is 10.9. The van der Waals surface area contributed by atoms with E-state index in [1.54, 1.807) is 0 Å². The van der Waals surface area contributed by atoms with E-state index >= 15 is 0 Å². The van der Waals surface area contributed by atoms with E-state index in [4.69, 9.17) is 9.47 Å². The van der Waals surface area contributed by atoms with Crippen LogP contribution in [0.5, 0.6) is 0 Å². The zero-order valence-electron chi connectivity index (χ0n) is 28.3. The predicted molar refractivity (Wildman–Crippen MR) is 181 cm³/mol. The molecule has 4 atom stereocenters. The molecule has 246 valence electrons. The third kappa shape index (κ3) is 7.39. The summed E-state index contributed by atoms with van der Waals surface area (Å²) in [5.74, 6) is -0.212. The predicted octanol–water partition coefficient (Wildman–Crippen LogP) is 5.42. The summed E-state index contributed by atoms with van der Waals surface area (Å²) >= 11 is 0. The number of carbonyl (C=O) groups is 2. The molecule has 0 bridgehead atoms. The van der Waals surface area contributed by atoms with Crippen molar-refractivity contribution in [3.8, 4) is 11.1 Å². The fourth-order valence-corrected chi connectivity index (χ4v) is 7.67. The normalized spacial score (nSPS) is 26.4. The van der Waals surface area contributed by atoms with Crippen molar-refractivity contribution < 1.29 is 19.1 Å². The summed E-state index contributed by atoms with van der Waals surface area (Å²) in [6, 6.07) is 13.4. The second-order valence-electron chi connectivity index (χ2n) is 13.8. The molecule has 0 saturated carbocycles. The van der Waals surface area contributed by atoms with E-state index in [1.165, 1.54) is 5.56 Å². The molecule has 45 heavy (non-hydrogen) atoms. The molecule has 3 heterocycles. The van der Waals surface area contributed by atoms with Crippen molar-refractivity contribution in [2.24, 2.45) is 17.3 Å². The summed E-state index contributed by atoms with van der Waals surface area (Å²) in [7, 11) is 2.14. The summed E-state index contributed by atoms with van der Waals surface area (Å²) in [6.45, 7) is 17.0. The van der Waals surface area contributed by atoms with Gasteiger partial charge in [-0.25, -0.2) is 0 Å². The van der Waals surface area contributed by atoms with Crippen molar-refractivity contribution in [1.82, 2.24) is 15.5 Å². The number of ether oxygens (including phenoxy) is 2. The Hall–Kier alpha value is -2.94. The van der Waals surface area contributed by atoms with Gasteiger partial charge in [-0.3, -0.25) is 14.5 Å². The number of hydrogen-bond donors (Lipinski definition) is 2. The Balaban J connectivity index is 1.40. The van der Waals surface area contributed by atoms with Crippen LogP contribution in [0.15, 0.2) is 36.4 Å². The highest BCUT2D eigenvalue weighted by atomic mass is 16.5. The highest BCUT2D eigenvalue weighted by molar-refractivity contribution is 5.99. The smallest absolute Gasteiger partial charge is 0.251 e. The lowest BCUT2D eigenvalue weighted by molar-refractivity contribution is -0.135. The van der Waals surface area contributed by atoms with Gasteiger partial charge in [0.05, 0.1) is 19.1 Å². The molecule has 8 nitrogen and oxygen atoms in total. The maximum absolute atomic E-state index is 14.0. The van der Waals surface area contributed by atoms with E-state index < -0.39 is 0 Å². The molecule has 0 aliphatic carbocycles. The summed E-state index contributed by atoms with van der Waals surface area (Å²) in [6.07, 6.45) is 4.02. The molecule has 3 fully saturated rings. The molecule has 2 N–H and O–H groups in total. The monoisotopic (exact) mass is 618 g/mol. The Morgan fingerprint density at radius 3 is 2.38 bits per heavy atom. The first kappa shape index (κ1) is 33.4. The van der Waals surface area contributed by atoms with Gasteiger partial charge in [0.15, 0.2) is 0 Å². The number of nitrogens with one attached hydrogen (secondary N) is 2. The van der Waals surface area contributed by atoms with Crippen molar-refractivity contribution >= 4 is 17.5 Å².